The predicted octanol–water partition coefficient (Wildman–Crippen LogP) is 3.86. The fourth-order valence-corrected chi connectivity index (χ4v) is 4.77. The molecule has 22 heavy (non-hydrogen) atoms. The van der Waals surface area contributed by atoms with E-state index in [0.717, 1.165) is 37.6 Å². The van der Waals surface area contributed by atoms with E-state index in [0.29, 0.717) is 4.88 Å². The molecule has 110 valence electrons. The molecule has 1 N–H and O–H groups in total. The van der Waals surface area contributed by atoms with Crippen molar-refractivity contribution < 1.29 is 4.79 Å². The van der Waals surface area contributed by atoms with Gasteiger partial charge in [0, 0.05) is 5.75 Å². The number of para-hydroxylation sites is 1. The first-order valence-corrected chi connectivity index (χ1v) is 9.36. The van der Waals surface area contributed by atoms with Crippen LogP contribution in [0, 0.1) is 0 Å². The highest BCUT2D eigenvalue weighted by Gasteiger charge is 2.16. The molecule has 1 aliphatic heterocycles. The van der Waals surface area contributed by atoms with Gasteiger partial charge < -0.3 is 5.32 Å². The van der Waals surface area contributed by atoms with Crippen LogP contribution in [0.1, 0.15) is 9.67 Å². The third kappa shape index (κ3) is 2.67. The Morgan fingerprint density at radius 2 is 2.05 bits per heavy atom. The molecule has 4 rings (SSSR count). The van der Waals surface area contributed by atoms with Crippen LogP contribution in [0.3, 0.4) is 0 Å². The molecule has 0 unspecified atom stereocenters. The Morgan fingerprint density at radius 3 is 2.86 bits per heavy atom. The fraction of sp³-hybridized carbons (Fsp3) is 0.133. The highest BCUT2D eigenvalue weighted by molar-refractivity contribution is 8.14. The van der Waals surface area contributed by atoms with Gasteiger partial charge in [0.1, 0.15) is 5.01 Å². The first-order chi connectivity index (χ1) is 10.8. The lowest BCUT2D eigenvalue weighted by molar-refractivity contribution is 0.0982. The Hall–Kier alpha value is -1.70. The Labute approximate surface area is 139 Å². The minimum absolute atomic E-state index is 0.0921. The Morgan fingerprint density at radius 1 is 1.14 bits per heavy atom. The number of hydrogen-bond donors (Lipinski definition) is 1. The van der Waals surface area contributed by atoms with Gasteiger partial charge in [0.15, 0.2) is 5.17 Å². The highest BCUT2D eigenvalue weighted by Crippen LogP contribution is 2.34. The summed E-state index contributed by atoms with van der Waals surface area (Å²) in [6.07, 6.45) is 0. The molecule has 4 nitrogen and oxygen atoms in total. The molecule has 3 aromatic rings. The van der Waals surface area contributed by atoms with E-state index in [1.807, 2.05) is 30.3 Å². The second-order valence-corrected chi connectivity index (χ2v) is 7.84. The molecule has 1 aliphatic rings. The van der Waals surface area contributed by atoms with Crippen molar-refractivity contribution in [1.82, 2.24) is 10.3 Å². The Bertz CT molecular complexity index is 848. The minimum atomic E-state index is -0.0921. The molecule has 0 bridgehead atoms. The number of amidine groups is 1. The maximum absolute atomic E-state index is 12.2. The summed E-state index contributed by atoms with van der Waals surface area (Å²) >= 11 is 4.70. The molecule has 2 aromatic heterocycles. The van der Waals surface area contributed by atoms with Crippen LogP contribution < -0.4 is 5.32 Å². The Balaban J connectivity index is 1.59. The number of aromatic nitrogens is 1. The first-order valence-electron chi connectivity index (χ1n) is 6.74. The third-order valence-corrected chi connectivity index (χ3v) is 6.32. The first kappa shape index (κ1) is 13.9. The van der Waals surface area contributed by atoms with Crippen molar-refractivity contribution in [2.24, 2.45) is 4.99 Å². The van der Waals surface area contributed by atoms with Gasteiger partial charge in [0.25, 0.3) is 5.91 Å². The van der Waals surface area contributed by atoms with Crippen LogP contribution in [0.2, 0.25) is 0 Å². The lowest BCUT2D eigenvalue weighted by Crippen LogP contribution is -2.26. The molecule has 0 aliphatic carbocycles. The number of amides is 1. The monoisotopic (exact) mass is 345 g/mol. The van der Waals surface area contributed by atoms with Crippen molar-refractivity contribution in [3.05, 3.63) is 41.3 Å². The van der Waals surface area contributed by atoms with E-state index in [-0.39, 0.29) is 5.91 Å². The number of rotatable bonds is 2. The van der Waals surface area contributed by atoms with Crippen LogP contribution in [0.4, 0.5) is 0 Å². The van der Waals surface area contributed by atoms with Gasteiger partial charge in [-0.05, 0) is 24.3 Å². The Kier molecular flexibility index (Phi) is 3.69. The van der Waals surface area contributed by atoms with E-state index in [4.69, 9.17) is 0 Å². The van der Waals surface area contributed by atoms with Crippen LogP contribution in [0.25, 0.3) is 20.1 Å². The number of fused-ring (bicyclic) bond motifs is 1. The van der Waals surface area contributed by atoms with Gasteiger partial charge in [0.05, 0.1) is 26.5 Å². The number of carbonyl (C=O) groups is 1. The summed E-state index contributed by atoms with van der Waals surface area (Å²) < 4.78 is 1.16. The van der Waals surface area contributed by atoms with Crippen LogP contribution >= 0.6 is 34.4 Å². The lowest BCUT2D eigenvalue weighted by Gasteiger charge is -2.00. The molecule has 0 radical (unpaired) electrons. The zero-order chi connectivity index (χ0) is 14.9. The summed E-state index contributed by atoms with van der Waals surface area (Å²) in [5.41, 5.74) is 0.999. The van der Waals surface area contributed by atoms with E-state index in [1.54, 1.807) is 23.1 Å². The van der Waals surface area contributed by atoms with E-state index < -0.39 is 0 Å². The standard InChI is InChI=1S/C15H11N3OS3/c19-13(18-15-16-7-8-20-15)11-5-6-12(21-11)14-17-9-3-1-2-4-10(9)22-14/h1-6H,7-8H2,(H,16,18,19). The molecular weight excluding hydrogens is 334 g/mol. The fourth-order valence-electron chi connectivity index (χ4n) is 2.12. The van der Waals surface area contributed by atoms with Crippen molar-refractivity contribution >= 4 is 55.7 Å². The normalized spacial score (nSPS) is 14.3. The number of hydrogen-bond acceptors (Lipinski definition) is 6. The summed E-state index contributed by atoms with van der Waals surface area (Å²) in [5, 5.41) is 4.53. The zero-order valence-corrected chi connectivity index (χ0v) is 13.9. The van der Waals surface area contributed by atoms with Gasteiger partial charge in [-0.15, -0.1) is 22.7 Å². The van der Waals surface area contributed by atoms with Crippen molar-refractivity contribution in [1.29, 1.82) is 0 Å². The SMILES string of the molecule is O=C(NC1=NCCS1)c1ccc(-c2nc3ccccc3s2)s1. The molecule has 0 saturated heterocycles. The van der Waals surface area contributed by atoms with E-state index in [9.17, 15) is 4.79 Å². The van der Waals surface area contributed by atoms with Crippen LogP contribution in [0.15, 0.2) is 41.4 Å². The summed E-state index contributed by atoms with van der Waals surface area (Å²) in [6.45, 7) is 0.779. The summed E-state index contributed by atoms with van der Waals surface area (Å²) in [4.78, 5) is 22.8. The second kappa shape index (κ2) is 5.83. The summed E-state index contributed by atoms with van der Waals surface area (Å²) in [5.74, 6) is 0.849. The smallest absolute Gasteiger partial charge is 0.267 e. The molecule has 0 spiro atoms. The van der Waals surface area contributed by atoms with Crippen molar-refractivity contribution in [2.45, 2.75) is 0 Å². The molecule has 3 heterocycles. The van der Waals surface area contributed by atoms with Gasteiger partial charge in [-0.2, -0.15) is 0 Å². The molecular formula is C15H11N3OS3. The van der Waals surface area contributed by atoms with Crippen LogP contribution in [0.5, 0.6) is 0 Å². The molecule has 1 aromatic carbocycles. The number of nitrogens with zero attached hydrogens (tertiary/aromatic N) is 2. The molecule has 1 amide bonds. The van der Waals surface area contributed by atoms with Gasteiger partial charge in [-0.1, -0.05) is 23.9 Å². The zero-order valence-electron chi connectivity index (χ0n) is 11.4. The van der Waals surface area contributed by atoms with Gasteiger partial charge in [0.2, 0.25) is 0 Å². The van der Waals surface area contributed by atoms with Gasteiger partial charge in [-0.3, -0.25) is 9.79 Å². The maximum Gasteiger partial charge on any atom is 0.267 e. The quantitative estimate of drug-likeness (QED) is 0.767. The molecule has 0 atom stereocenters. The van der Waals surface area contributed by atoms with Crippen molar-refractivity contribution in [2.75, 3.05) is 12.3 Å². The minimum Gasteiger partial charge on any atom is -0.301 e. The topological polar surface area (TPSA) is 54.4 Å². The lowest BCUT2D eigenvalue weighted by atomic mass is 10.3. The largest absolute Gasteiger partial charge is 0.301 e. The van der Waals surface area contributed by atoms with E-state index >= 15 is 0 Å². The number of benzene rings is 1. The van der Waals surface area contributed by atoms with Gasteiger partial charge in [-0.25, -0.2) is 4.98 Å². The second-order valence-electron chi connectivity index (χ2n) is 4.64. The van der Waals surface area contributed by atoms with Crippen LogP contribution in [-0.2, 0) is 0 Å². The molecule has 7 heteroatoms. The van der Waals surface area contributed by atoms with E-state index in [2.05, 4.69) is 21.4 Å². The maximum atomic E-state index is 12.2. The van der Waals surface area contributed by atoms with Crippen molar-refractivity contribution in [3.63, 3.8) is 0 Å². The number of thiazole rings is 1. The average molecular weight is 345 g/mol. The third-order valence-electron chi connectivity index (χ3n) is 3.14. The molecule has 0 fully saturated rings. The van der Waals surface area contributed by atoms with E-state index in [1.165, 1.54) is 11.3 Å². The summed E-state index contributed by atoms with van der Waals surface area (Å²) in [6, 6.07) is 11.9. The predicted molar refractivity (Wildman–Crippen MR) is 95.2 cm³/mol. The van der Waals surface area contributed by atoms with Gasteiger partial charge >= 0.3 is 0 Å². The molecule has 0 saturated carbocycles. The highest BCUT2D eigenvalue weighted by atomic mass is 32.2. The number of nitrogens with one attached hydrogen (secondary N) is 1. The van der Waals surface area contributed by atoms with Crippen LogP contribution in [-0.4, -0.2) is 28.4 Å². The number of carbonyl (C=O) groups excluding carboxylic acids is 1. The van der Waals surface area contributed by atoms with Crippen molar-refractivity contribution in [3.8, 4) is 9.88 Å². The average Bonchev–Trinajstić information content (AvgIpc) is 3.26. The summed E-state index contributed by atoms with van der Waals surface area (Å²) in [7, 11) is 0. The number of aliphatic imine (C=N–C) groups is 1. The number of thiophene rings is 1. The number of thioether (sulfide) groups is 1.